The lowest BCUT2D eigenvalue weighted by atomic mass is 10.0. The average Bonchev–Trinajstić information content (AvgIpc) is 2.06. The van der Waals surface area contributed by atoms with Crippen molar-refractivity contribution in [2.24, 2.45) is 0 Å². The molecule has 0 heterocycles. The minimum Gasteiger partial charge on any atom is -0.0722 e. The Morgan fingerprint density at radius 3 is 2.56 bits per heavy atom. The van der Waals surface area contributed by atoms with Crippen molar-refractivity contribution in [1.82, 2.24) is 0 Å². The van der Waals surface area contributed by atoms with E-state index in [1.54, 1.807) is 0 Å². The Labute approximate surface area is 53.1 Å². The summed E-state index contributed by atoms with van der Waals surface area (Å²) in [5, 5.41) is 4.34. The Balaban J connectivity index is 2.80. The van der Waals surface area contributed by atoms with Crippen LogP contribution in [0.3, 0.4) is 0 Å². The van der Waals surface area contributed by atoms with E-state index in [4.69, 9.17) is 0 Å². The lowest BCUT2D eigenvalue weighted by molar-refractivity contribution is 1.42. The Hall–Kier alpha value is -1.04. The smallest absolute Gasteiger partial charge is 0.00821 e. The van der Waals surface area contributed by atoms with Gasteiger partial charge in [0, 0.05) is 0 Å². The number of hydrogen-bond acceptors (Lipinski definition) is 0. The molecule has 0 aliphatic heterocycles. The van der Waals surface area contributed by atoms with Gasteiger partial charge in [-0.05, 0) is 40.1 Å². The molecule has 0 fully saturated rings. The van der Waals surface area contributed by atoms with Crippen molar-refractivity contribution >= 4 is 16.8 Å². The molecule has 0 saturated heterocycles. The molecule has 4 bridgehead atoms. The summed E-state index contributed by atoms with van der Waals surface area (Å²) in [4.78, 5) is 0. The van der Waals surface area contributed by atoms with Crippen LogP contribution in [0.25, 0.3) is 16.8 Å². The zero-order valence-electron chi connectivity index (χ0n) is 5.02. The molecule has 9 heavy (non-hydrogen) atoms. The molecular formula is C9H6. The van der Waals surface area contributed by atoms with Crippen LogP contribution in [0.1, 0.15) is 5.56 Å². The molecule has 0 aromatic heterocycles. The van der Waals surface area contributed by atoms with Crippen molar-refractivity contribution in [2.45, 2.75) is 6.42 Å². The first-order chi connectivity index (χ1) is 4.43. The zero-order valence-corrected chi connectivity index (χ0v) is 5.02. The molecule has 0 spiro atoms. The number of rotatable bonds is 0. The normalized spacial score (nSPS) is 15.1. The van der Waals surface area contributed by atoms with Gasteiger partial charge in [0.05, 0.1) is 0 Å². The fourth-order valence-corrected chi connectivity index (χ4v) is 1.60. The average molecular weight is 114 g/mol. The largest absolute Gasteiger partial charge is 0.0722 e. The number of hydrogen-bond donors (Lipinski definition) is 0. The van der Waals surface area contributed by atoms with Crippen LogP contribution in [0.15, 0.2) is 18.2 Å². The maximum absolute atomic E-state index is 2.30. The van der Waals surface area contributed by atoms with Gasteiger partial charge in [-0.1, -0.05) is 12.1 Å². The predicted octanol–water partition coefficient (Wildman–Crippen LogP) is 1.33. The minimum atomic E-state index is 1.17. The number of benzene rings is 2. The Bertz CT molecular complexity index is 383. The molecule has 3 aromatic rings. The predicted molar refractivity (Wildman–Crippen MR) is 38.5 cm³/mol. The highest BCUT2D eigenvalue weighted by Crippen LogP contribution is 2.22. The van der Waals surface area contributed by atoms with E-state index in [1.165, 1.54) is 28.0 Å². The van der Waals surface area contributed by atoms with E-state index < -0.39 is 0 Å². The third kappa shape index (κ3) is 0.298. The molecule has 0 atom stereocenters. The Kier molecular flexibility index (Phi) is 0.419. The van der Waals surface area contributed by atoms with E-state index in [0.717, 1.165) is 0 Å². The highest BCUT2D eigenvalue weighted by Gasteiger charge is 2.08. The molecule has 1 aliphatic carbocycles. The van der Waals surface area contributed by atoms with Crippen LogP contribution in [0.2, 0.25) is 0 Å². The highest BCUT2D eigenvalue weighted by molar-refractivity contribution is 5.87. The third-order valence-corrected chi connectivity index (χ3v) is 2.20. The van der Waals surface area contributed by atoms with Crippen molar-refractivity contribution in [3.8, 4) is 0 Å². The van der Waals surface area contributed by atoms with E-state index in [9.17, 15) is 0 Å². The van der Waals surface area contributed by atoms with E-state index in [2.05, 4.69) is 24.3 Å². The molecule has 0 heteroatoms. The van der Waals surface area contributed by atoms with Crippen molar-refractivity contribution in [2.75, 3.05) is 0 Å². The van der Waals surface area contributed by atoms with Gasteiger partial charge in [0.1, 0.15) is 0 Å². The second-order valence-electron chi connectivity index (χ2n) is 2.73. The van der Waals surface area contributed by atoms with Crippen LogP contribution < -0.4 is 5.22 Å². The fourth-order valence-electron chi connectivity index (χ4n) is 1.60. The van der Waals surface area contributed by atoms with Crippen LogP contribution in [0, 0.1) is 0 Å². The second-order valence-corrected chi connectivity index (χ2v) is 2.73. The molecule has 3 aromatic carbocycles. The first-order valence-corrected chi connectivity index (χ1v) is 3.28. The van der Waals surface area contributed by atoms with Gasteiger partial charge in [0.25, 0.3) is 0 Å². The van der Waals surface area contributed by atoms with E-state index in [1.807, 2.05) is 0 Å². The summed E-state index contributed by atoms with van der Waals surface area (Å²) in [6.45, 7) is 0. The van der Waals surface area contributed by atoms with Crippen LogP contribution in [-0.2, 0) is 6.42 Å². The second kappa shape index (κ2) is 0.971. The molecule has 0 unspecified atom stereocenters. The summed E-state index contributed by atoms with van der Waals surface area (Å²) in [6, 6.07) is 6.84. The van der Waals surface area contributed by atoms with Crippen molar-refractivity contribution < 1.29 is 0 Å². The summed E-state index contributed by atoms with van der Waals surface area (Å²) < 4.78 is 0. The van der Waals surface area contributed by atoms with E-state index in [-0.39, 0.29) is 0 Å². The highest BCUT2D eigenvalue weighted by atomic mass is 14.1. The van der Waals surface area contributed by atoms with Crippen LogP contribution >= 0.6 is 0 Å². The lowest BCUT2D eigenvalue weighted by Gasteiger charge is -2.02. The molecule has 1 aliphatic rings. The minimum absolute atomic E-state index is 1.17. The Morgan fingerprint density at radius 1 is 1.00 bits per heavy atom. The van der Waals surface area contributed by atoms with Gasteiger partial charge in [-0.3, -0.25) is 0 Å². The zero-order chi connectivity index (χ0) is 5.84. The molecule has 0 saturated carbocycles. The fraction of sp³-hybridized carbons (Fsp3) is 0.111. The SMILES string of the molecule is C1=c2cc(c3cc2c3)C1. The van der Waals surface area contributed by atoms with Crippen molar-refractivity contribution in [3.63, 3.8) is 0 Å². The van der Waals surface area contributed by atoms with Gasteiger partial charge < -0.3 is 0 Å². The molecule has 0 amide bonds. The standard InChI is InChI=1S/C9H6/c1-2-7-3-6(1)8-4-9(7)5-8/h1,3-5H,2H2. The molecule has 0 N–H and O–H groups in total. The summed E-state index contributed by atoms with van der Waals surface area (Å²) >= 11 is 0. The monoisotopic (exact) mass is 114 g/mol. The first-order valence-electron chi connectivity index (χ1n) is 3.28. The van der Waals surface area contributed by atoms with Gasteiger partial charge >= 0.3 is 0 Å². The molecular weight excluding hydrogens is 108 g/mol. The van der Waals surface area contributed by atoms with Gasteiger partial charge in [-0.25, -0.2) is 0 Å². The summed E-state index contributed by atoms with van der Waals surface area (Å²) in [5.74, 6) is 0. The maximum Gasteiger partial charge on any atom is -0.00821 e. The molecule has 4 rings (SSSR count). The van der Waals surface area contributed by atoms with E-state index in [0.29, 0.717) is 0 Å². The third-order valence-electron chi connectivity index (χ3n) is 2.20. The summed E-state index contributed by atoms with van der Waals surface area (Å²) in [7, 11) is 0. The van der Waals surface area contributed by atoms with Gasteiger partial charge in [0.15, 0.2) is 0 Å². The van der Waals surface area contributed by atoms with Gasteiger partial charge in [-0.15, -0.1) is 0 Å². The maximum atomic E-state index is 2.30. The van der Waals surface area contributed by atoms with Crippen LogP contribution in [-0.4, -0.2) is 0 Å². The van der Waals surface area contributed by atoms with Gasteiger partial charge in [-0.2, -0.15) is 0 Å². The van der Waals surface area contributed by atoms with Crippen molar-refractivity contribution in [1.29, 1.82) is 0 Å². The Morgan fingerprint density at radius 2 is 1.89 bits per heavy atom. The molecule has 42 valence electrons. The molecule has 0 nitrogen and oxygen atoms in total. The summed E-state index contributed by atoms with van der Waals surface area (Å²) in [5.41, 5.74) is 1.51. The summed E-state index contributed by atoms with van der Waals surface area (Å²) in [6.07, 6.45) is 3.47. The quantitative estimate of drug-likeness (QED) is 0.484. The molecule has 0 radical (unpaired) electrons. The van der Waals surface area contributed by atoms with Crippen LogP contribution in [0.5, 0.6) is 0 Å². The van der Waals surface area contributed by atoms with Gasteiger partial charge in [0.2, 0.25) is 0 Å². The topological polar surface area (TPSA) is 0 Å². The first kappa shape index (κ1) is 3.89. The van der Waals surface area contributed by atoms with Crippen molar-refractivity contribution in [3.05, 3.63) is 29.0 Å². The lowest BCUT2D eigenvalue weighted by Crippen LogP contribution is -1.99. The van der Waals surface area contributed by atoms with E-state index >= 15 is 0 Å². The van der Waals surface area contributed by atoms with Crippen LogP contribution in [0.4, 0.5) is 0 Å².